The van der Waals surface area contributed by atoms with Crippen molar-refractivity contribution in [1.29, 1.82) is 0 Å². The Hall–Kier alpha value is -2.91. The topological polar surface area (TPSA) is 23.6 Å². The van der Waals surface area contributed by atoms with E-state index in [2.05, 4.69) is 89.6 Å². The van der Waals surface area contributed by atoms with Gasteiger partial charge in [0.05, 0.1) is 0 Å². The van der Waals surface area contributed by atoms with Crippen LogP contribution in [0.1, 0.15) is 48.4 Å². The van der Waals surface area contributed by atoms with Gasteiger partial charge in [0.15, 0.2) is 0 Å². The highest BCUT2D eigenvalue weighted by Gasteiger charge is 2.36. The lowest BCUT2D eigenvalue weighted by molar-refractivity contribution is -0.144. The lowest BCUT2D eigenvalue weighted by Gasteiger charge is -2.43. The molecule has 0 aromatic heterocycles. The summed E-state index contributed by atoms with van der Waals surface area (Å²) in [6.07, 6.45) is 6.47. The van der Waals surface area contributed by atoms with Crippen LogP contribution >= 0.6 is 0 Å². The maximum Gasteiger partial charge on any atom is 0.244 e. The minimum Gasteiger partial charge on any atom is -0.337 e. The van der Waals surface area contributed by atoms with Crippen LogP contribution in [0.4, 0.5) is 0 Å². The van der Waals surface area contributed by atoms with Gasteiger partial charge < -0.3 is 4.90 Å². The molecular formula is C30H36N2O. The third-order valence-electron chi connectivity index (χ3n) is 6.90. The van der Waals surface area contributed by atoms with Crippen molar-refractivity contribution in [2.24, 2.45) is 0 Å². The zero-order chi connectivity index (χ0) is 22.9. The normalized spacial score (nSPS) is 17.0. The Labute approximate surface area is 199 Å². The molecule has 0 aliphatic carbocycles. The van der Waals surface area contributed by atoms with Crippen molar-refractivity contribution in [2.75, 3.05) is 20.1 Å². The van der Waals surface area contributed by atoms with E-state index in [4.69, 9.17) is 0 Å². The van der Waals surface area contributed by atoms with Crippen LogP contribution in [-0.2, 0) is 17.6 Å². The van der Waals surface area contributed by atoms with E-state index in [-0.39, 0.29) is 11.9 Å². The van der Waals surface area contributed by atoms with Crippen molar-refractivity contribution < 1.29 is 4.79 Å². The lowest BCUT2D eigenvalue weighted by Crippen LogP contribution is -2.54. The quantitative estimate of drug-likeness (QED) is 0.391. The molecule has 4 rings (SSSR count). The van der Waals surface area contributed by atoms with Gasteiger partial charge in [0.1, 0.15) is 6.04 Å². The summed E-state index contributed by atoms with van der Waals surface area (Å²) in [6, 6.07) is 31.8. The molecule has 1 amide bonds. The molecule has 3 nitrogen and oxygen atoms in total. The van der Waals surface area contributed by atoms with Crippen molar-refractivity contribution in [2.45, 2.75) is 50.6 Å². The van der Waals surface area contributed by atoms with E-state index in [9.17, 15) is 4.79 Å². The monoisotopic (exact) mass is 440 g/mol. The molecule has 0 N–H and O–H groups in total. The molecule has 33 heavy (non-hydrogen) atoms. The molecule has 0 radical (unpaired) electrons. The number of nitrogens with zero attached hydrogens (tertiary/aromatic N) is 2. The third kappa shape index (κ3) is 6.33. The molecular weight excluding hydrogens is 404 g/mol. The largest absolute Gasteiger partial charge is 0.337 e. The lowest BCUT2D eigenvalue weighted by atomic mass is 9.95. The first-order valence-corrected chi connectivity index (χ1v) is 12.4. The van der Waals surface area contributed by atoms with Crippen LogP contribution in [0.5, 0.6) is 0 Å². The van der Waals surface area contributed by atoms with E-state index in [1.807, 2.05) is 18.2 Å². The van der Waals surface area contributed by atoms with E-state index in [0.29, 0.717) is 6.04 Å². The summed E-state index contributed by atoms with van der Waals surface area (Å²) < 4.78 is 0. The van der Waals surface area contributed by atoms with Crippen molar-refractivity contribution in [3.05, 3.63) is 108 Å². The summed E-state index contributed by atoms with van der Waals surface area (Å²) in [5.74, 6) is 0.263. The zero-order valence-corrected chi connectivity index (χ0v) is 19.8. The Balaban J connectivity index is 1.45. The predicted molar refractivity (Wildman–Crippen MR) is 136 cm³/mol. The van der Waals surface area contributed by atoms with Gasteiger partial charge in [0, 0.05) is 19.1 Å². The molecule has 1 fully saturated rings. The van der Waals surface area contributed by atoms with E-state index < -0.39 is 0 Å². The van der Waals surface area contributed by atoms with E-state index >= 15 is 0 Å². The first-order valence-electron chi connectivity index (χ1n) is 12.4. The van der Waals surface area contributed by atoms with Crippen LogP contribution in [0, 0.1) is 0 Å². The van der Waals surface area contributed by atoms with Gasteiger partial charge in [-0.25, -0.2) is 0 Å². The standard InChI is InChI=1S/C30H36N2O/c1-31-23-24-32(30(33)29(31)27-19-9-4-10-20-27)28(21-11-17-25-13-5-2-6-14-25)22-12-18-26-15-7-3-8-16-26/h2-10,13-16,19-20,28-29H,11-12,17-18,21-24H2,1H3. The first kappa shape index (κ1) is 23.3. The van der Waals surface area contributed by atoms with Crippen LogP contribution in [0.3, 0.4) is 0 Å². The molecule has 0 bridgehead atoms. The number of hydrogen-bond acceptors (Lipinski definition) is 2. The number of aryl methyl sites for hydroxylation is 2. The Kier molecular flexibility index (Phi) is 8.32. The third-order valence-corrected chi connectivity index (χ3v) is 6.90. The molecule has 1 unspecified atom stereocenters. The van der Waals surface area contributed by atoms with Gasteiger partial charge in [0.2, 0.25) is 5.91 Å². The average molecular weight is 441 g/mol. The van der Waals surface area contributed by atoms with Gasteiger partial charge in [-0.15, -0.1) is 0 Å². The maximum atomic E-state index is 13.7. The Bertz CT molecular complexity index is 928. The number of hydrogen-bond donors (Lipinski definition) is 0. The van der Waals surface area contributed by atoms with E-state index in [1.165, 1.54) is 11.1 Å². The summed E-state index contributed by atoms with van der Waals surface area (Å²) in [7, 11) is 2.08. The summed E-state index contributed by atoms with van der Waals surface area (Å²) >= 11 is 0. The van der Waals surface area contributed by atoms with Crippen molar-refractivity contribution in [1.82, 2.24) is 9.80 Å². The number of amides is 1. The molecule has 0 saturated carbocycles. The molecule has 1 heterocycles. The van der Waals surface area contributed by atoms with Crippen LogP contribution in [0.25, 0.3) is 0 Å². The van der Waals surface area contributed by atoms with Crippen LogP contribution in [0.15, 0.2) is 91.0 Å². The van der Waals surface area contributed by atoms with E-state index in [1.54, 1.807) is 0 Å². The molecule has 1 saturated heterocycles. The second-order valence-electron chi connectivity index (χ2n) is 9.23. The second kappa shape index (κ2) is 11.8. The average Bonchev–Trinajstić information content (AvgIpc) is 2.85. The fraction of sp³-hybridized carbons (Fsp3) is 0.367. The highest BCUT2D eigenvalue weighted by atomic mass is 16.2. The second-order valence-corrected chi connectivity index (χ2v) is 9.23. The molecule has 1 aliphatic rings. The highest BCUT2D eigenvalue weighted by Crippen LogP contribution is 2.29. The summed E-state index contributed by atoms with van der Waals surface area (Å²) in [5, 5.41) is 0. The van der Waals surface area contributed by atoms with Gasteiger partial charge >= 0.3 is 0 Å². The van der Waals surface area contributed by atoms with Crippen molar-refractivity contribution in [3.63, 3.8) is 0 Å². The number of carbonyl (C=O) groups excluding carboxylic acids is 1. The number of benzene rings is 3. The van der Waals surface area contributed by atoms with Crippen molar-refractivity contribution in [3.8, 4) is 0 Å². The fourth-order valence-electron chi connectivity index (χ4n) is 5.07. The highest BCUT2D eigenvalue weighted by molar-refractivity contribution is 5.84. The number of likely N-dealkylation sites (N-methyl/N-ethyl adjacent to an activating group) is 1. The molecule has 3 heteroatoms. The van der Waals surface area contributed by atoms with Crippen LogP contribution in [-0.4, -0.2) is 41.9 Å². The molecule has 1 atom stereocenters. The van der Waals surface area contributed by atoms with Crippen molar-refractivity contribution >= 4 is 5.91 Å². The molecule has 0 spiro atoms. The predicted octanol–water partition coefficient (Wildman–Crippen LogP) is 5.92. The molecule has 3 aromatic rings. The van der Waals surface area contributed by atoms with Gasteiger partial charge in [-0.1, -0.05) is 91.0 Å². The Morgan fingerprint density at radius 2 is 1.21 bits per heavy atom. The first-order chi connectivity index (χ1) is 16.2. The van der Waals surface area contributed by atoms with Gasteiger partial charge in [-0.2, -0.15) is 0 Å². The maximum absolute atomic E-state index is 13.7. The minimum atomic E-state index is -0.175. The van der Waals surface area contributed by atoms with Gasteiger partial charge in [-0.3, -0.25) is 9.69 Å². The van der Waals surface area contributed by atoms with Gasteiger partial charge in [0.25, 0.3) is 0 Å². The summed E-state index contributed by atoms with van der Waals surface area (Å²) in [4.78, 5) is 18.1. The molecule has 3 aromatic carbocycles. The Morgan fingerprint density at radius 1 is 0.727 bits per heavy atom. The fourth-order valence-corrected chi connectivity index (χ4v) is 5.07. The van der Waals surface area contributed by atoms with E-state index in [0.717, 1.165) is 57.2 Å². The zero-order valence-electron chi connectivity index (χ0n) is 19.8. The Morgan fingerprint density at radius 3 is 1.73 bits per heavy atom. The number of piperazine rings is 1. The number of carbonyl (C=O) groups is 1. The van der Waals surface area contributed by atoms with Gasteiger partial charge in [-0.05, 0) is 62.3 Å². The SMILES string of the molecule is CN1CCN(C(CCCc2ccccc2)CCCc2ccccc2)C(=O)C1c1ccccc1. The summed E-state index contributed by atoms with van der Waals surface area (Å²) in [6.45, 7) is 1.74. The summed E-state index contributed by atoms with van der Waals surface area (Å²) in [5.41, 5.74) is 3.86. The molecule has 172 valence electrons. The van der Waals surface area contributed by atoms with Crippen LogP contribution < -0.4 is 0 Å². The smallest absolute Gasteiger partial charge is 0.244 e. The number of rotatable bonds is 10. The van der Waals surface area contributed by atoms with Crippen LogP contribution in [0.2, 0.25) is 0 Å². The minimum absolute atomic E-state index is 0.175. The molecule has 1 aliphatic heterocycles.